The Morgan fingerprint density at radius 1 is 0.971 bits per heavy atom. The van der Waals surface area contributed by atoms with E-state index in [9.17, 15) is 13.2 Å². The largest absolute Gasteiger partial charge is 0.468 e. The molecule has 2 aromatic carbocycles. The van der Waals surface area contributed by atoms with Gasteiger partial charge in [0.15, 0.2) is 5.65 Å². The first-order valence-electron chi connectivity index (χ1n) is 11.0. The van der Waals surface area contributed by atoms with E-state index in [2.05, 4.69) is 15.0 Å². The minimum absolute atomic E-state index is 0.221. The molecule has 0 radical (unpaired) electrons. The minimum atomic E-state index is -4.37. The topological polar surface area (TPSA) is 63.3 Å². The van der Waals surface area contributed by atoms with Crippen molar-refractivity contribution in [2.75, 3.05) is 33.4 Å². The summed E-state index contributed by atoms with van der Waals surface area (Å²) in [5.41, 5.74) is 4.43. The van der Waals surface area contributed by atoms with Crippen LogP contribution < -0.4 is 4.74 Å². The fourth-order valence-corrected chi connectivity index (χ4v) is 4.58. The van der Waals surface area contributed by atoms with Gasteiger partial charge in [-0.3, -0.25) is 4.90 Å². The Hall–Kier alpha value is -3.14. The molecule has 0 aliphatic carbocycles. The van der Waals surface area contributed by atoms with Gasteiger partial charge < -0.3 is 14.5 Å². The molecular formula is C25H22ClF3N4O2. The predicted molar refractivity (Wildman–Crippen MR) is 128 cm³/mol. The number of rotatable bonds is 5. The number of imidazole rings is 1. The highest BCUT2D eigenvalue weighted by atomic mass is 35.5. The lowest BCUT2D eigenvalue weighted by molar-refractivity contribution is -0.194. The molecule has 6 nitrogen and oxygen atoms in total. The van der Waals surface area contributed by atoms with E-state index in [-0.39, 0.29) is 18.7 Å². The number of pyridine rings is 1. The van der Waals surface area contributed by atoms with Gasteiger partial charge in [0.05, 0.1) is 36.6 Å². The van der Waals surface area contributed by atoms with Gasteiger partial charge in [0, 0.05) is 18.7 Å². The van der Waals surface area contributed by atoms with Gasteiger partial charge in [0.25, 0.3) is 6.01 Å². The fraction of sp³-hybridized carbons (Fsp3) is 0.280. The first-order chi connectivity index (χ1) is 16.8. The van der Waals surface area contributed by atoms with E-state index >= 15 is 0 Å². The summed E-state index contributed by atoms with van der Waals surface area (Å²) in [5.74, 6) is 0. The Bertz CT molecular complexity index is 1320. The van der Waals surface area contributed by atoms with Crippen molar-refractivity contribution >= 4 is 22.8 Å². The quantitative estimate of drug-likeness (QED) is 0.369. The van der Waals surface area contributed by atoms with Crippen molar-refractivity contribution in [3.8, 4) is 28.4 Å². The maximum absolute atomic E-state index is 13.9. The molecule has 182 valence electrons. The highest BCUT2D eigenvalue weighted by Gasteiger charge is 2.44. The number of benzene rings is 2. The second-order valence-corrected chi connectivity index (χ2v) is 8.64. The standard InChI is InChI=1S/C25H22ClF3N4O2/c1-34-24-30-20-14-19(26)21(31-23(20)32-24)17-6-2-15(3-7-17)16-4-8-18(9-5-16)22(25(27,28)29)33-10-12-35-13-11-33/h2-9,14,22H,10-13H2,1H3,(H,30,31,32). The summed E-state index contributed by atoms with van der Waals surface area (Å²) in [4.78, 5) is 13.2. The van der Waals surface area contributed by atoms with Crippen molar-refractivity contribution in [2.24, 2.45) is 0 Å². The summed E-state index contributed by atoms with van der Waals surface area (Å²) in [6.07, 6.45) is -4.37. The van der Waals surface area contributed by atoms with Gasteiger partial charge in [-0.05, 0) is 22.8 Å². The van der Waals surface area contributed by atoms with Crippen molar-refractivity contribution in [3.05, 3.63) is 65.2 Å². The molecule has 4 aromatic rings. The molecule has 5 rings (SSSR count). The summed E-state index contributed by atoms with van der Waals surface area (Å²) in [6.45, 7) is 1.11. The van der Waals surface area contributed by atoms with Crippen molar-refractivity contribution in [2.45, 2.75) is 12.2 Å². The molecule has 35 heavy (non-hydrogen) atoms. The van der Waals surface area contributed by atoms with Gasteiger partial charge in [0.1, 0.15) is 6.04 Å². The predicted octanol–water partition coefficient (Wildman–Crippen LogP) is 5.89. The van der Waals surface area contributed by atoms with E-state index in [4.69, 9.17) is 21.1 Å². The number of aromatic nitrogens is 3. The number of ether oxygens (including phenoxy) is 2. The van der Waals surface area contributed by atoms with Crippen LogP contribution in [0.25, 0.3) is 33.5 Å². The normalized spacial score (nSPS) is 15.9. The van der Waals surface area contributed by atoms with Crippen molar-refractivity contribution in [1.29, 1.82) is 0 Å². The SMILES string of the molecule is COc1nc2nc(-c3ccc(-c4ccc(C(N5CCOCC5)C(F)(F)F)cc4)cc3)c(Cl)cc2[nH]1. The highest BCUT2D eigenvalue weighted by molar-refractivity contribution is 6.33. The lowest BCUT2D eigenvalue weighted by Crippen LogP contribution is -2.44. The van der Waals surface area contributed by atoms with E-state index < -0.39 is 12.2 Å². The molecule has 1 aliphatic heterocycles. The van der Waals surface area contributed by atoms with E-state index in [1.807, 2.05) is 24.3 Å². The highest BCUT2D eigenvalue weighted by Crippen LogP contribution is 2.39. The van der Waals surface area contributed by atoms with Crippen LogP contribution in [0.5, 0.6) is 6.01 Å². The van der Waals surface area contributed by atoms with Crippen LogP contribution in [-0.4, -0.2) is 59.4 Å². The maximum Gasteiger partial charge on any atom is 0.408 e. The van der Waals surface area contributed by atoms with Gasteiger partial charge in [-0.15, -0.1) is 0 Å². The molecule has 2 aromatic heterocycles. The average Bonchev–Trinajstić information content (AvgIpc) is 3.26. The summed E-state index contributed by atoms with van der Waals surface area (Å²) < 4.78 is 51.9. The molecule has 0 spiro atoms. The monoisotopic (exact) mass is 502 g/mol. The van der Waals surface area contributed by atoms with Gasteiger partial charge in [-0.2, -0.15) is 18.2 Å². The molecule has 10 heteroatoms. The number of alkyl halides is 3. The van der Waals surface area contributed by atoms with E-state index in [0.29, 0.717) is 41.1 Å². The number of hydrogen-bond acceptors (Lipinski definition) is 5. The number of methoxy groups -OCH3 is 1. The Morgan fingerprint density at radius 2 is 1.57 bits per heavy atom. The van der Waals surface area contributed by atoms with E-state index in [0.717, 1.165) is 16.7 Å². The fourth-order valence-electron chi connectivity index (χ4n) is 4.32. The Balaban J connectivity index is 1.39. The van der Waals surface area contributed by atoms with Crippen LogP contribution in [0.2, 0.25) is 5.02 Å². The van der Waals surface area contributed by atoms with Crippen LogP contribution in [0, 0.1) is 0 Å². The smallest absolute Gasteiger partial charge is 0.408 e. The van der Waals surface area contributed by atoms with Crippen LogP contribution in [0.4, 0.5) is 13.2 Å². The lowest BCUT2D eigenvalue weighted by Gasteiger charge is -2.35. The molecule has 1 saturated heterocycles. The summed E-state index contributed by atoms with van der Waals surface area (Å²) in [6, 6.07) is 14.5. The first-order valence-corrected chi connectivity index (χ1v) is 11.4. The molecule has 1 N–H and O–H groups in total. The number of H-pyrrole nitrogens is 1. The number of nitrogens with one attached hydrogen (secondary N) is 1. The molecule has 0 amide bonds. The third-order valence-electron chi connectivity index (χ3n) is 6.04. The molecule has 1 unspecified atom stereocenters. The number of morpholine rings is 1. The molecule has 0 bridgehead atoms. The van der Waals surface area contributed by atoms with Gasteiger partial charge in [-0.25, -0.2) is 4.98 Å². The van der Waals surface area contributed by atoms with Gasteiger partial charge in [-0.1, -0.05) is 60.1 Å². The summed E-state index contributed by atoms with van der Waals surface area (Å²) in [5, 5.41) is 0.460. The van der Waals surface area contributed by atoms with Crippen LogP contribution in [0.3, 0.4) is 0 Å². The van der Waals surface area contributed by atoms with Crippen LogP contribution >= 0.6 is 11.6 Å². The molecule has 1 atom stereocenters. The Kier molecular flexibility index (Phi) is 6.39. The lowest BCUT2D eigenvalue weighted by atomic mass is 9.98. The number of halogens is 4. The molecule has 3 heterocycles. The maximum atomic E-state index is 13.9. The zero-order valence-corrected chi connectivity index (χ0v) is 19.5. The van der Waals surface area contributed by atoms with Crippen molar-refractivity contribution in [3.63, 3.8) is 0 Å². The van der Waals surface area contributed by atoms with E-state index in [1.165, 1.54) is 12.0 Å². The van der Waals surface area contributed by atoms with Crippen molar-refractivity contribution in [1.82, 2.24) is 19.9 Å². The van der Waals surface area contributed by atoms with Crippen LogP contribution in [0.15, 0.2) is 54.6 Å². The third kappa shape index (κ3) is 4.84. The Labute approximate surface area is 204 Å². The number of fused-ring (bicyclic) bond motifs is 1. The molecule has 1 fully saturated rings. The number of aromatic amines is 1. The Morgan fingerprint density at radius 3 is 2.17 bits per heavy atom. The zero-order chi connectivity index (χ0) is 24.6. The average molecular weight is 503 g/mol. The number of nitrogens with zero attached hydrogens (tertiary/aromatic N) is 3. The number of hydrogen-bond donors (Lipinski definition) is 1. The summed E-state index contributed by atoms with van der Waals surface area (Å²) >= 11 is 6.44. The molecule has 1 aliphatic rings. The minimum Gasteiger partial charge on any atom is -0.468 e. The second kappa shape index (κ2) is 9.49. The molecule has 0 saturated carbocycles. The van der Waals surface area contributed by atoms with Gasteiger partial charge in [0.2, 0.25) is 0 Å². The van der Waals surface area contributed by atoms with E-state index in [1.54, 1.807) is 30.3 Å². The summed E-state index contributed by atoms with van der Waals surface area (Å²) in [7, 11) is 1.51. The molecular weight excluding hydrogens is 481 g/mol. The van der Waals surface area contributed by atoms with Crippen molar-refractivity contribution < 1.29 is 22.6 Å². The van der Waals surface area contributed by atoms with Crippen LogP contribution in [0.1, 0.15) is 11.6 Å². The third-order valence-corrected chi connectivity index (χ3v) is 6.33. The van der Waals surface area contributed by atoms with Gasteiger partial charge >= 0.3 is 6.18 Å². The van der Waals surface area contributed by atoms with Crippen LogP contribution in [-0.2, 0) is 4.74 Å². The second-order valence-electron chi connectivity index (χ2n) is 8.23. The first kappa shape index (κ1) is 23.6. The zero-order valence-electron chi connectivity index (χ0n) is 18.8.